The summed E-state index contributed by atoms with van der Waals surface area (Å²) >= 11 is 0. The Morgan fingerprint density at radius 3 is 2.36 bits per heavy atom. The van der Waals surface area contributed by atoms with Gasteiger partial charge in [0, 0.05) is 12.0 Å². The monoisotopic (exact) mass is 501 g/mol. The Kier molecular flexibility index (Phi) is 7.77. The second-order valence-corrected chi connectivity index (χ2v) is 10.0. The number of methoxy groups -OCH3 is 1. The highest BCUT2D eigenvalue weighted by molar-refractivity contribution is 7.89. The van der Waals surface area contributed by atoms with Crippen LogP contribution in [0, 0.1) is 6.92 Å². The first-order valence-electron chi connectivity index (χ1n) is 11.4. The van der Waals surface area contributed by atoms with Crippen molar-refractivity contribution in [3.8, 4) is 5.75 Å². The fourth-order valence-electron chi connectivity index (χ4n) is 3.87. The van der Waals surface area contributed by atoms with Crippen molar-refractivity contribution in [1.29, 1.82) is 0 Å². The number of sulfonamides is 1. The Balaban J connectivity index is 1.53. The van der Waals surface area contributed by atoms with Crippen LogP contribution in [-0.2, 0) is 14.8 Å². The summed E-state index contributed by atoms with van der Waals surface area (Å²) in [6.07, 6.45) is 1.40. The number of carbonyl (C=O) groups excluding carboxylic acids is 1. The SMILES string of the molecule is COc1ccc2ccccc2c1/C=N\NC(=O)C[C@@H](NS(=O)(=O)c1ccc(C)cc1)c1ccccc1. The first-order chi connectivity index (χ1) is 17.4. The molecule has 4 aromatic carbocycles. The largest absolute Gasteiger partial charge is 0.496 e. The number of fused-ring (bicyclic) bond motifs is 1. The third-order valence-electron chi connectivity index (χ3n) is 5.75. The summed E-state index contributed by atoms with van der Waals surface area (Å²) in [5.41, 5.74) is 4.87. The molecule has 0 bridgehead atoms. The van der Waals surface area contributed by atoms with Crippen LogP contribution in [0.2, 0.25) is 0 Å². The molecule has 0 saturated carbocycles. The molecule has 0 aromatic heterocycles. The fourth-order valence-corrected chi connectivity index (χ4v) is 5.10. The lowest BCUT2D eigenvalue weighted by Crippen LogP contribution is -2.32. The van der Waals surface area contributed by atoms with E-state index < -0.39 is 22.0 Å². The van der Waals surface area contributed by atoms with Gasteiger partial charge in [-0.2, -0.15) is 5.10 Å². The normalized spacial score (nSPS) is 12.5. The molecule has 7 nitrogen and oxygen atoms in total. The zero-order chi connectivity index (χ0) is 25.5. The van der Waals surface area contributed by atoms with Crippen LogP contribution >= 0.6 is 0 Å². The quantitative estimate of drug-likeness (QED) is 0.256. The highest BCUT2D eigenvalue weighted by atomic mass is 32.2. The number of nitrogens with zero attached hydrogens (tertiary/aromatic N) is 1. The average molecular weight is 502 g/mol. The summed E-state index contributed by atoms with van der Waals surface area (Å²) in [4.78, 5) is 12.9. The Morgan fingerprint density at radius 2 is 1.64 bits per heavy atom. The molecule has 184 valence electrons. The molecule has 1 amide bonds. The van der Waals surface area contributed by atoms with Crippen molar-refractivity contribution >= 4 is 32.9 Å². The van der Waals surface area contributed by atoms with Crippen molar-refractivity contribution in [3.05, 3.63) is 108 Å². The molecule has 0 fully saturated rings. The van der Waals surface area contributed by atoms with Crippen molar-refractivity contribution in [1.82, 2.24) is 10.1 Å². The van der Waals surface area contributed by atoms with Gasteiger partial charge in [-0.15, -0.1) is 0 Å². The van der Waals surface area contributed by atoms with Gasteiger partial charge in [0.1, 0.15) is 5.75 Å². The predicted molar refractivity (Wildman–Crippen MR) is 142 cm³/mol. The first-order valence-corrected chi connectivity index (χ1v) is 12.9. The summed E-state index contributed by atoms with van der Waals surface area (Å²) in [7, 11) is -2.28. The standard InChI is InChI=1S/C28H27N3O4S/c1-20-12-15-23(16-13-20)36(33,34)31-26(22-9-4-3-5-10-22)18-28(32)30-29-19-25-24-11-7-6-8-21(24)14-17-27(25)35-2/h3-17,19,26,31H,18H2,1-2H3,(H,30,32)/b29-19-/t26-/m1/s1. The number of amides is 1. The van der Waals surface area contributed by atoms with Gasteiger partial charge in [0.15, 0.2) is 0 Å². The number of hydrazone groups is 1. The average Bonchev–Trinajstić information content (AvgIpc) is 2.89. The Bertz CT molecular complexity index is 1480. The Hall–Kier alpha value is -4.01. The summed E-state index contributed by atoms with van der Waals surface area (Å²) < 4.78 is 34.2. The summed E-state index contributed by atoms with van der Waals surface area (Å²) in [6.45, 7) is 1.88. The van der Waals surface area contributed by atoms with Crippen molar-refractivity contribution in [2.24, 2.45) is 5.10 Å². The molecule has 2 N–H and O–H groups in total. The predicted octanol–water partition coefficient (Wildman–Crippen LogP) is 4.72. The van der Waals surface area contributed by atoms with Crippen molar-refractivity contribution in [2.45, 2.75) is 24.3 Å². The Morgan fingerprint density at radius 1 is 0.944 bits per heavy atom. The Labute approximate surface area is 210 Å². The van der Waals surface area contributed by atoms with Gasteiger partial charge in [-0.05, 0) is 41.5 Å². The van der Waals surface area contributed by atoms with Crippen LogP contribution in [0.5, 0.6) is 5.75 Å². The van der Waals surface area contributed by atoms with Gasteiger partial charge in [-0.3, -0.25) is 4.79 Å². The smallest absolute Gasteiger partial charge is 0.242 e. The van der Waals surface area contributed by atoms with Crippen molar-refractivity contribution in [3.63, 3.8) is 0 Å². The number of carbonyl (C=O) groups is 1. The molecule has 0 unspecified atom stereocenters. The second-order valence-electron chi connectivity index (χ2n) is 8.30. The van der Waals surface area contributed by atoms with Crippen LogP contribution in [-0.4, -0.2) is 27.6 Å². The number of ether oxygens (including phenoxy) is 1. The van der Waals surface area contributed by atoms with E-state index in [0.717, 1.165) is 21.9 Å². The van der Waals surface area contributed by atoms with E-state index in [-0.39, 0.29) is 11.3 Å². The maximum absolute atomic E-state index is 13.0. The maximum atomic E-state index is 13.0. The van der Waals surface area contributed by atoms with Gasteiger partial charge in [0.05, 0.1) is 24.3 Å². The second kappa shape index (κ2) is 11.2. The number of hydrogen-bond acceptors (Lipinski definition) is 5. The van der Waals surface area contributed by atoms with E-state index in [1.165, 1.54) is 6.21 Å². The first kappa shape index (κ1) is 25.1. The molecule has 1 atom stereocenters. The lowest BCUT2D eigenvalue weighted by atomic mass is 10.0. The van der Waals surface area contributed by atoms with Crippen LogP contribution in [0.4, 0.5) is 0 Å². The molecule has 0 heterocycles. The highest BCUT2D eigenvalue weighted by Gasteiger charge is 2.23. The molecular formula is C28H27N3O4S. The molecule has 4 aromatic rings. The van der Waals surface area contributed by atoms with E-state index in [2.05, 4.69) is 15.2 Å². The van der Waals surface area contributed by atoms with Gasteiger partial charge in [0.25, 0.3) is 0 Å². The van der Waals surface area contributed by atoms with E-state index in [4.69, 9.17) is 4.74 Å². The van der Waals surface area contributed by atoms with Crippen LogP contribution in [0.1, 0.15) is 29.2 Å². The minimum Gasteiger partial charge on any atom is -0.496 e. The molecule has 36 heavy (non-hydrogen) atoms. The van der Waals surface area contributed by atoms with E-state index >= 15 is 0 Å². The zero-order valence-corrected chi connectivity index (χ0v) is 20.8. The lowest BCUT2D eigenvalue weighted by Gasteiger charge is -2.18. The molecule has 0 aliphatic carbocycles. The third kappa shape index (κ3) is 5.97. The van der Waals surface area contributed by atoms with E-state index in [1.807, 2.05) is 49.4 Å². The number of benzene rings is 4. The van der Waals surface area contributed by atoms with Gasteiger partial charge >= 0.3 is 0 Å². The van der Waals surface area contributed by atoms with Crippen molar-refractivity contribution in [2.75, 3.05) is 7.11 Å². The summed E-state index contributed by atoms with van der Waals surface area (Å²) in [5, 5.41) is 6.08. The van der Waals surface area contributed by atoms with E-state index in [0.29, 0.717) is 11.3 Å². The zero-order valence-electron chi connectivity index (χ0n) is 20.0. The molecule has 4 rings (SSSR count). The van der Waals surface area contributed by atoms with Crippen LogP contribution in [0.25, 0.3) is 10.8 Å². The van der Waals surface area contributed by atoms with Crippen molar-refractivity contribution < 1.29 is 17.9 Å². The highest BCUT2D eigenvalue weighted by Crippen LogP contribution is 2.26. The van der Waals surface area contributed by atoms with Crippen LogP contribution < -0.4 is 14.9 Å². The van der Waals surface area contributed by atoms with Gasteiger partial charge in [0.2, 0.25) is 15.9 Å². The van der Waals surface area contributed by atoms with Crippen LogP contribution in [0.15, 0.2) is 101 Å². The molecule has 0 spiro atoms. The minimum atomic E-state index is -3.85. The van der Waals surface area contributed by atoms with E-state index in [9.17, 15) is 13.2 Å². The topological polar surface area (TPSA) is 96.9 Å². The van der Waals surface area contributed by atoms with Gasteiger partial charge < -0.3 is 4.74 Å². The number of hydrogen-bond donors (Lipinski definition) is 2. The number of aryl methyl sites for hydroxylation is 1. The lowest BCUT2D eigenvalue weighted by molar-refractivity contribution is -0.121. The number of rotatable bonds is 9. The minimum absolute atomic E-state index is 0.135. The third-order valence-corrected chi connectivity index (χ3v) is 7.24. The van der Waals surface area contributed by atoms with Gasteiger partial charge in [-0.25, -0.2) is 18.6 Å². The fraction of sp³-hybridized carbons (Fsp3) is 0.143. The molecular weight excluding hydrogens is 474 g/mol. The van der Waals surface area contributed by atoms with Crippen LogP contribution in [0.3, 0.4) is 0 Å². The number of nitrogens with one attached hydrogen (secondary N) is 2. The van der Waals surface area contributed by atoms with E-state index in [1.54, 1.807) is 55.6 Å². The summed E-state index contributed by atoms with van der Waals surface area (Å²) in [5.74, 6) is 0.186. The molecule has 0 radical (unpaired) electrons. The molecule has 0 saturated heterocycles. The molecule has 0 aliphatic heterocycles. The molecule has 8 heteroatoms. The molecule has 0 aliphatic rings. The summed E-state index contributed by atoms with van der Waals surface area (Å²) in [6, 6.07) is 26.3. The van der Waals surface area contributed by atoms with Gasteiger partial charge in [-0.1, -0.05) is 78.4 Å². The maximum Gasteiger partial charge on any atom is 0.242 e.